The second kappa shape index (κ2) is 6.92. The average Bonchev–Trinajstić information content (AvgIpc) is 2.92. The van der Waals surface area contributed by atoms with Crippen LogP contribution in [0.1, 0.15) is 19.4 Å². The van der Waals surface area contributed by atoms with Crippen LogP contribution in [0.4, 0.5) is 0 Å². The van der Waals surface area contributed by atoms with E-state index in [2.05, 4.69) is 15.6 Å². The van der Waals surface area contributed by atoms with E-state index in [0.717, 1.165) is 17.1 Å². The minimum Gasteiger partial charge on any atom is -0.496 e. The predicted octanol–water partition coefficient (Wildman–Crippen LogP) is 1.65. The molecule has 0 saturated carbocycles. The van der Waals surface area contributed by atoms with Crippen LogP contribution in [0.15, 0.2) is 40.9 Å². The van der Waals surface area contributed by atoms with Crippen LogP contribution < -0.4 is 15.4 Å². The fraction of sp³-hybridized carbons (Fsp3) is 0.375. The molecule has 0 bridgehead atoms. The largest absolute Gasteiger partial charge is 0.496 e. The van der Waals surface area contributed by atoms with Crippen molar-refractivity contribution in [3.05, 3.63) is 41.5 Å². The number of amidine groups is 1. The highest BCUT2D eigenvalue weighted by molar-refractivity contribution is 6.06. The minimum atomic E-state index is -0.0924. The Labute approximate surface area is 125 Å². The van der Waals surface area contributed by atoms with Gasteiger partial charge in [-0.25, -0.2) is 0 Å². The molecular weight excluding hydrogens is 266 g/mol. The standard InChI is InChI=1S/C16H21N3O2/c1-11(2)19-15-8-13(10-17-15)16(20)18-9-12-6-4-5-7-14(12)21-3/h4-8,11H,9-10H2,1-3H3,(H,17,19)(H,18,20). The zero-order valence-corrected chi connectivity index (χ0v) is 12.6. The van der Waals surface area contributed by atoms with Crippen LogP contribution in [0, 0.1) is 0 Å². The number of ether oxygens (including phenoxy) is 1. The Hall–Kier alpha value is -2.30. The molecule has 1 aromatic rings. The van der Waals surface area contributed by atoms with Gasteiger partial charge in [0.25, 0.3) is 0 Å². The first-order valence-corrected chi connectivity index (χ1v) is 7.02. The van der Waals surface area contributed by atoms with Gasteiger partial charge in [-0.1, -0.05) is 18.2 Å². The molecule has 112 valence electrons. The summed E-state index contributed by atoms with van der Waals surface area (Å²) in [5.74, 6) is 1.45. The Kier molecular flexibility index (Phi) is 4.98. The van der Waals surface area contributed by atoms with Gasteiger partial charge in [-0.2, -0.15) is 0 Å². The number of para-hydroxylation sites is 1. The maximum atomic E-state index is 12.1. The highest BCUT2D eigenvalue weighted by atomic mass is 16.5. The molecule has 5 nitrogen and oxygen atoms in total. The predicted molar refractivity (Wildman–Crippen MR) is 83.5 cm³/mol. The van der Waals surface area contributed by atoms with Crippen LogP contribution in [-0.4, -0.2) is 31.4 Å². The number of methoxy groups -OCH3 is 1. The van der Waals surface area contributed by atoms with Crippen LogP contribution in [0.25, 0.3) is 0 Å². The molecule has 1 heterocycles. The van der Waals surface area contributed by atoms with Crippen molar-refractivity contribution < 1.29 is 9.53 Å². The number of amides is 1. The first kappa shape index (κ1) is 15.1. The van der Waals surface area contributed by atoms with Gasteiger partial charge in [-0.15, -0.1) is 0 Å². The van der Waals surface area contributed by atoms with Gasteiger partial charge >= 0.3 is 0 Å². The molecular formula is C16H21N3O2. The van der Waals surface area contributed by atoms with Crippen molar-refractivity contribution >= 4 is 11.7 Å². The normalized spacial score (nSPS) is 13.7. The third-order valence-electron chi connectivity index (χ3n) is 3.09. The highest BCUT2D eigenvalue weighted by Crippen LogP contribution is 2.17. The zero-order valence-electron chi connectivity index (χ0n) is 12.6. The lowest BCUT2D eigenvalue weighted by Crippen LogP contribution is -2.28. The summed E-state index contributed by atoms with van der Waals surface area (Å²) in [5, 5.41) is 6.09. The van der Waals surface area contributed by atoms with Crippen molar-refractivity contribution in [1.82, 2.24) is 10.6 Å². The third-order valence-corrected chi connectivity index (χ3v) is 3.09. The number of hydrogen-bond donors (Lipinski definition) is 2. The quantitative estimate of drug-likeness (QED) is 0.865. The molecule has 0 aromatic heterocycles. The second-order valence-corrected chi connectivity index (χ2v) is 5.16. The van der Waals surface area contributed by atoms with E-state index in [-0.39, 0.29) is 5.91 Å². The van der Waals surface area contributed by atoms with Crippen molar-refractivity contribution in [1.29, 1.82) is 0 Å². The van der Waals surface area contributed by atoms with Gasteiger partial charge in [0.05, 0.1) is 13.7 Å². The third kappa shape index (κ3) is 4.08. The number of aliphatic imine (C=N–C) groups is 1. The van der Waals surface area contributed by atoms with Gasteiger partial charge in [0, 0.05) is 23.7 Å². The fourth-order valence-electron chi connectivity index (χ4n) is 2.09. The van der Waals surface area contributed by atoms with Crippen molar-refractivity contribution in [2.24, 2.45) is 4.99 Å². The van der Waals surface area contributed by atoms with Crippen molar-refractivity contribution in [3.8, 4) is 5.75 Å². The van der Waals surface area contributed by atoms with E-state index in [0.29, 0.717) is 24.7 Å². The van der Waals surface area contributed by atoms with Crippen LogP contribution in [0.2, 0.25) is 0 Å². The lowest BCUT2D eigenvalue weighted by atomic mass is 10.2. The summed E-state index contributed by atoms with van der Waals surface area (Å²) in [4.78, 5) is 16.4. The highest BCUT2D eigenvalue weighted by Gasteiger charge is 2.16. The molecule has 1 aliphatic rings. The van der Waals surface area contributed by atoms with Gasteiger partial charge in [0.1, 0.15) is 11.6 Å². The van der Waals surface area contributed by atoms with Crippen molar-refractivity contribution in [2.75, 3.05) is 13.7 Å². The van der Waals surface area contributed by atoms with Gasteiger partial charge in [-0.3, -0.25) is 9.79 Å². The number of hydrogen-bond acceptors (Lipinski definition) is 4. The number of nitrogens with one attached hydrogen (secondary N) is 2. The number of carbonyl (C=O) groups excluding carboxylic acids is 1. The molecule has 1 amide bonds. The summed E-state index contributed by atoms with van der Waals surface area (Å²) in [6, 6.07) is 7.94. The first-order chi connectivity index (χ1) is 10.1. The van der Waals surface area contributed by atoms with Crippen LogP contribution in [-0.2, 0) is 11.3 Å². The summed E-state index contributed by atoms with van der Waals surface area (Å²) in [5.41, 5.74) is 1.63. The molecule has 0 spiro atoms. The summed E-state index contributed by atoms with van der Waals surface area (Å²) in [7, 11) is 1.62. The van der Waals surface area contributed by atoms with Gasteiger partial charge < -0.3 is 15.4 Å². The number of carbonyl (C=O) groups is 1. The van der Waals surface area contributed by atoms with E-state index in [1.807, 2.05) is 38.1 Å². The maximum absolute atomic E-state index is 12.1. The Balaban J connectivity index is 1.91. The summed E-state index contributed by atoms with van der Waals surface area (Å²) >= 11 is 0. The number of nitrogens with zero attached hydrogens (tertiary/aromatic N) is 1. The smallest absolute Gasteiger partial charge is 0.249 e. The molecule has 0 unspecified atom stereocenters. The topological polar surface area (TPSA) is 62.7 Å². The second-order valence-electron chi connectivity index (χ2n) is 5.16. The van der Waals surface area contributed by atoms with Gasteiger partial charge in [-0.05, 0) is 26.0 Å². The molecule has 0 aliphatic carbocycles. The van der Waals surface area contributed by atoms with Crippen LogP contribution >= 0.6 is 0 Å². The van der Waals surface area contributed by atoms with Crippen molar-refractivity contribution in [2.45, 2.75) is 26.4 Å². The molecule has 0 atom stereocenters. The molecule has 1 aliphatic heterocycles. The molecule has 0 saturated heterocycles. The van der Waals surface area contributed by atoms with E-state index < -0.39 is 0 Å². The van der Waals surface area contributed by atoms with Gasteiger partial charge in [0.2, 0.25) is 5.91 Å². The zero-order chi connectivity index (χ0) is 15.2. The summed E-state index contributed by atoms with van der Waals surface area (Å²) in [6.45, 7) is 4.94. The molecule has 21 heavy (non-hydrogen) atoms. The van der Waals surface area contributed by atoms with Crippen LogP contribution in [0.5, 0.6) is 5.75 Å². The molecule has 0 fully saturated rings. The summed E-state index contributed by atoms with van der Waals surface area (Å²) < 4.78 is 5.27. The molecule has 2 rings (SSSR count). The Bertz CT molecular complexity index is 577. The molecule has 2 N–H and O–H groups in total. The Morgan fingerprint density at radius 2 is 2.14 bits per heavy atom. The number of rotatable bonds is 5. The Morgan fingerprint density at radius 1 is 1.38 bits per heavy atom. The number of benzene rings is 1. The van der Waals surface area contributed by atoms with E-state index in [1.54, 1.807) is 13.2 Å². The van der Waals surface area contributed by atoms with E-state index in [1.165, 1.54) is 0 Å². The fourth-order valence-corrected chi connectivity index (χ4v) is 2.09. The molecule has 0 radical (unpaired) electrons. The van der Waals surface area contributed by atoms with E-state index >= 15 is 0 Å². The molecule has 1 aromatic carbocycles. The summed E-state index contributed by atoms with van der Waals surface area (Å²) in [6.07, 6.45) is 1.80. The van der Waals surface area contributed by atoms with Crippen LogP contribution in [0.3, 0.4) is 0 Å². The van der Waals surface area contributed by atoms with E-state index in [9.17, 15) is 4.79 Å². The lowest BCUT2D eigenvalue weighted by Gasteiger charge is -2.09. The SMILES string of the molecule is COc1ccccc1CNC(=O)C1=CC(NC(C)C)=NC1. The maximum Gasteiger partial charge on any atom is 0.249 e. The monoisotopic (exact) mass is 287 g/mol. The molecule has 5 heteroatoms. The van der Waals surface area contributed by atoms with Gasteiger partial charge in [0.15, 0.2) is 0 Å². The first-order valence-electron chi connectivity index (χ1n) is 7.02. The van der Waals surface area contributed by atoms with Crippen molar-refractivity contribution in [3.63, 3.8) is 0 Å². The van der Waals surface area contributed by atoms with E-state index in [4.69, 9.17) is 4.74 Å². The average molecular weight is 287 g/mol. The minimum absolute atomic E-state index is 0.0924. The Morgan fingerprint density at radius 3 is 2.86 bits per heavy atom. The lowest BCUT2D eigenvalue weighted by molar-refractivity contribution is -0.117.